The van der Waals surface area contributed by atoms with Gasteiger partial charge in [0.2, 0.25) is 0 Å². The van der Waals surface area contributed by atoms with E-state index in [1.807, 2.05) is 34.3 Å². The van der Waals surface area contributed by atoms with E-state index in [0.717, 1.165) is 0 Å². The maximum Gasteiger partial charge on any atom is 0.172 e. The second-order valence-electron chi connectivity index (χ2n) is 4.89. The molecule has 0 fully saturated rings. The second kappa shape index (κ2) is 5.08. The number of aromatic amines is 1. The fourth-order valence-corrected chi connectivity index (χ4v) is 2.04. The number of nitrogens with one attached hydrogen (secondary N) is 1. The van der Waals surface area contributed by atoms with Gasteiger partial charge in [-0.15, -0.1) is 0 Å². The summed E-state index contributed by atoms with van der Waals surface area (Å²) in [5.41, 5.74) is 3.60. The van der Waals surface area contributed by atoms with Gasteiger partial charge in [-0.3, -0.25) is 0 Å². The molecule has 0 aliphatic rings. The number of hydrogen-bond acceptors (Lipinski definition) is 1. The van der Waals surface area contributed by atoms with E-state index in [1.54, 1.807) is 0 Å². The van der Waals surface area contributed by atoms with Gasteiger partial charge in [-0.25, -0.2) is 4.58 Å². The summed E-state index contributed by atoms with van der Waals surface area (Å²) >= 11 is 0. The Morgan fingerprint density at radius 1 is 1.22 bits per heavy atom. The van der Waals surface area contributed by atoms with Crippen molar-refractivity contribution >= 4 is 22.7 Å². The zero-order chi connectivity index (χ0) is 13.1. The predicted octanol–water partition coefficient (Wildman–Crippen LogP) is 2.41. The van der Waals surface area contributed by atoms with Crippen molar-refractivity contribution < 1.29 is 4.58 Å². The Morgan fingerprint density at radius 2 is 1.94 bits per heavy atom. The van der Waals surface area contributed by atoms with E-state index in [-0.39, 0.29) is 0 Å². The predicted molar refractivity (Wildman–Crippen MR) is 78.1 cm³/mol. The molecule has 0 unspecified atom stereocenters. The van der Waals surface area contributed by atoms with Crippen LogP contribution in [0.15, 0.2) is 36.7 Å². The molecule has 0 atom stereocenters. The average Bonchev–Trinajstić information content (AvgIpc) is 2.70. The van der Waals surface area contributed by atoms with Gasteiger partial charge in [-0.1, -0.05) is 18.2 Å². The monoisotopic (exact) mass is 242 g/mol. The highest BCUT2D eigenvalue weighted by Crippen LogP contribution is 2.23. The van der Waals surface area contributed by atoms with Gasteiger partial charge in [-0.05, 0) is 6.07 Å². The molecule has 0 saturated carbocycles. The molecule has 1 aromatic heterocycles. The molecule has 0 spiro atoms. The van der Waals surface area contributed by atoms with Crippen LogP contribution in [0.3, 0.4) is 0 Å². The number of fused-ring (bicyclic) bond motifs is 1. The highest BCUT2D eigenvalue weighted by Gasteiger charge is 2.09. The summed E-state index contributed by atoms with van der Waals surface area (Å²) in [5.74, 6) is 0. The topological polar surface area (TPSA) is 22.0 Å². The van der Waals surface area contributed by atoms with Crippen LogP contribution in [0.25, 0.3) is 16.5 Å². The molecule has 3 heteroatoms. The Bertz CT molecular complexity index is 599. The third kappa shape index (κ3) is 2.62. The van der Waals surface area contributed by atoms with E-state index in [2.05, 4.69) is 51.3 Å². The summed E-state index contributed by atoms with van der Waals surface area (Å²) in [7, 11) is 8.16. The fourth-order valence-electron chi connectivity index (χ4n) is 2.04. The summed E-state index contributed by atoms with van der Waals surface area (Å²) in [4.78, 5) is 5.38. The molecule has 2 aromatic rings. The molecule has 0 aliphatic heterocycles. The van der Waals surface area contributed by atoms with Crippen molar-refractivity contribution in [2.75, 3.05) is 28.2 Å². The Morgan fingerprint density at radius 3 is 2.61 bits per heavy atom. The molecular weight excluding hydrogens is 222 g/mol. The maximum atomic E-state index is 3.32. The van der Waals surface area contributed by atoms with Gasteiger partial charge in [0.1, 0.15) is 14.1 Å². The lowest BCUT2D eigenvalue weighted by Gasteiger charge is -2.07. The van der Waals surface area contributed by atoms with Gasteiger partial charge in [0, 0.05) is 43.0 Å². The van der Waals surface area contributed by atoms with Crippen molar-refractivity contribution in [3.05, 3.63) is 42.2 Å². The molecule has 0 bridgehead atoms. The van der Waals surface area contributed by atoms with Crippen LogP contribution in [-0.2, 0) is 0 Å². The van der Waals surface area contributed by atoms with Crippen molar-refractivity contribution in [1.29, 1.82) is 0 Å². The smallest absolute Gasteiger partial charge is 0.172 e. The average molecular weight is 242 g/mol. The number of benzene rings is 1. The van der Waals surface area contributed by atoms with Crippen LogP contribution in [0.5, 0.6) is 0 Å². The van der Waals surface area contributed by atoms with Crippen molar-refractivity contribution in [2.45, 2.75) is 0 Å². The fraction of sp³-hybridized carbons (Fsp3) is 0.267. The summed E-state index contributed by atoms with van der Waals surface area (Å²) in [6.45, 7) is 0. The first-order valence-electron chi connectivity index (χ1n) is 6.04. The number of H-pyrrole nitrogens is 1. The first kappa shape index (κ1) is 12.4. The minimum atomic E-state index is 1.17. The van der Waals surface area contributed by atoms with E-state index < -0.39 is 0 Å². The first-order chi connectivity index (χ1) is 8.58. The second-order valence-corrected chi connectivity index (χ2v) is 4.89. The number of nitrogens with zero attached hydrogens (tertiary/aromatic N) is 2. The van der Waals surface area contributed by atoms with E-state index in [9.17, 15) is 0 Å². The Kier molecular flexibility index (Phi) is 3.51. The number of aromatic nitrogens is 1. The lowest BCUT2D eigenvalue weighted by Crippen LogP contribution is -2.06. The molecule has 18 heavy (non-hydrogen) atoms. The van der Waals surface area contributed by atoms with Gasteiger partial charge in [-0.2, -0.15) is 0 Å². The molecular formula is C15H20N3+. The molecule has 0 radical (unpaired) electrons. The Hall–Kier alpha value is -2.03. The van der Waals surface area contributed by atoms with Crippen LogP contribution < -0.4 is 0 Å². The highest BCUT2D eigenvalue weighted by molar-refractivity contribution is 6.12. The van der Waals surface area contributed by atoms with Crippen LogP contribution in [0.2, 0.25) is 0 Å². The van der Waals surface area contributed by atoms with Crippen molar-refractivity contribution in [3.8, 4) is 0 Å². The van der Waals surface area contributed by atoms with E-state index >= 15 is 0 Å². The highest BCUT2D eigenvalue weighted by atomic mass is 15.0. The van der Waals surface area contributed by atoms with Crippen molar-refractivity contribution in [1.82, 2.24) is 9.88 Å². The van der Waals surface area contributed by atoms with Crippen LogP contribution in [0.4, 0.5) is 0 Å². The molecule has 0 amide bonds. The van der Waals surface area contributed by atoms with Crippen LogP contribution in [-0.4, -0.2) is 48.9 Å². The van der Waals surface area contributed by atoms with Crippen molar-refractivity contribution in [3.63, 3.8) is 0 Å². The third-order valence-electron chi connectivity index (χ3n) is 2.69. The normalized spacial score (nSPS) is 11.7. The van der Waals surface area contributed by atoms with E-state index in [1.165, 1.54) is 22.0 Å². The molecule has 1 N–H and O–H groups in total. The van der Waals surface area contributed by atoms with E-state index in [4.69, 9.17) is 0 Å². The van der Waals surface area contributed by atoms with Crippen LogP contribution >= 0.6 is 0 Å². The van der Waals surface area contributed by atoms with Gasteiger partial charge in [0.15, 0.2) is 6.21 Å². The quantitative estimate of drug-likeness (QED) is 0.648. The third-order valence-corrected chi connectivity index (χ3v) is 2.69. The summed E-state index contributed by atoms with van der Waals surface area (Å²) in [5, 5.41) is 1.25. The van der Waals surface area contributed by atoms with Crippen LogP contribution in [0, 0.1) is 0 Å². The minimum Gasteiger partial charge on any atom is -0.383 e. The number of hydrogen-bond donors (Lipinski definition) is 1. The van der Waals surface area contributed by atoms with E-state index in [0.29, 0.717) is 0 Å². The van der Waals surface area contributed by atoms with Gasteiger partial charge in [0.05, 0.1) is 5.57 Å². The number of para-hydroxylation sites is 1. The molecule has 0 saturated heterocycles. The summed E-state index contributed by atoms with van der Waals surface area (Å²) < 4.78 is 2.07. The van der Waals surface area contributed by atoms with Crippen LogP contribution in [0.1, 0.15) is 5.56 Å². The standard InChI is InChI=1S/C15H20N3/c1-17(2)10-12(11-18(3)4)14-9-16-15-8-6-5-7-13(14)15/h5-11,16H,1-4H3/q+1. The molecule has 1 heterocycles. The largest absolute Gasteiger partial charge is 0.383 e. The SMILES string of the molecule is CN(C)/C=C(/C=[N+](C)C)c1c[nH]c2ccccc12. The van der Waals surface area contributed by atoms with Gasteiger partial charge in [0.25, 0.3) is 0 Å². The van der Waals surface area contributed by atoms with Gasteiger partial charge >= 0.3 is 0 Å². The number of allylic oxidation sites excluding steroid dienone is 1. The molecule has 3 nitrogen and oxygen atoms in total. The zero-order valence-electron chi connectivity index (χ0n) is 11.4. The van der Waals surface area contributed by atoms with Crippen molar-refractivity contribution in [2.24, 2.45) is 0 Å². The van der Waals surface area contributed by atoms with Gasteiger partial charge < -0.3 is 9.88 Å². The summed E-state index contributed by atoms with van der Waals surface area (Å²) in [6.07, 6.45) is 6.34. The first-order valence-corrected chi connectivity index (χ1v) is 6.04. The Labute approximate surface area is 108 Å². The molecule has 94 valence electrons. The molecule has 2 rings (SSSR count). The summed E-state index contributed by atoms with van der Waals surface area (Å²) in [6, 6.07) is 8.37. The lowest BCUT2D eigenvalue weighted by molar-refractivity contribution is -0.458. The zero-order valence-corrected chi connectivity index (χ0v) is 11.4. The minimum absolute atomic E-state index is 1.17. The Balaban J connectivity index is 2.58. The molecule has 0 aliphatic carbocycles. The molecule has 1 aromatic carbocycles. The lowest BCUT2D eigenvalue weighted by atomic mass is 10.1. The number of rotatable bonds is 3. The maximum absolute atomic E-state index is 3.32.